The average Bonchev–Trinajstić information content (AvgIpc) is 3.43. The molecule has 4 N–H and O–H groups in total. The van der Waals surface area contributed by atoms with Gasteiger partial charge in [0.1, 0.15) is 52.8 Å². The molecule has 0 aromatic heterocycles. The van der Waals surface area contributed by atoms with E-state index in [-0.39, 0.29) is 47.2 Å². The molecule has 10 atom stereocenters. The lowest BCUT2D eigenvalue weighted by molar-refractivity contribution is -0.277. The van der Waals surface area contributed by atoms with E-state index < -0.39 is 77.3 Å². The summed E-state index contributed by atoms with van der Waals surface area (Å²) in [7, 11) is 0. The molecule has 1 spiro atoms. The Labute approximate surface area is 396 Å². The van der Waals surface area contributed by atoms with Gasteiger partial charge >= 0.3 is 0 Å². The van der Waals surface area contributed by atoms with Gasteiger partial charge in [0.05, 0.1) is 17.8 Å². The van der Waals surface area contributed by atoms with Crippen molar-refractivity contribution in [1.29, 1.82) is 0 Å². The number of amides is 1. The first-order valence-corrected chi connectivity index (χ1v) is 24.7. The van der Waals surface area contributed by atoms with E-state index in [9.17, 15) is 25.2 Å². The van der Waals surface area contributed by atoms with Crippen LogP contribution in [-0.2, 0) is 25.5 Å². The number of unbranched alkanes of at least 4 members (excludes halogenated alkanes) is 4. The fourth-order valence-electron chi connectivity index (χ4n) is 11.2. The Hall–Kier alpha value is -4.11. The van der Waals surface area contributed by atoms with Crippen LogP contribution in [0.4, 0.5) is 0 Å². The summed E-state index contributed by atoms with van der Waals surface area (Å²) in [5, 5.41) is 43.0. The number of hydrogen-bond donors (Lipinski definition) is 4. The smallest absolute Gasteiger partial charge is 0.249 e. The van der Waals surface area contributed by atoms with Gasteiger partial charge < -0.3 is 49.0 Å². The maximum Gasteiger partial charge on any atom is 0.249 e. The van der Waals surface area contributed by atoms with Crippen LogP contribution >= 0.6 is 0 Å². The maximum atomic E-state index is 15.9. The molecule has 13 nitrogen and oxygen atoms in total. The summed E-state index contributed by atoms with van der Waals surface area (Å²) in [5.74, 6) is -1.44. The molecule has 67 heavy (non-hydrogen) atoms. The van der Waals surface area contributed by atoms with Gasteiger partial charge in [-0.1, -0.05) is 75.0 Å². The van der Waals surface area contributed by atoms with Crippen LogP contribution in [-0.4, -0.2) is 116 Å². The molecule has 5 unspecified atom stereocenters. The third-order valence-electron chi connectivity index (χ3n) is 14.9. The van der Waals surface area contributed by atoms with Gasteiger partial charge in [-0.05, 0) is 106 Å². The number of nitrogens with zero attached hydrogens (tertiary/aromatic N) is 1. The van der Waals surface area contributed by atoms with Crippen LogP contribution in [0.15, 0.2) is 52.7 Å². The summed E-state index contributed by atoms with van der Waals surface area (Å²) in [4.78, 5) is 47.2. The molecule has 1 amide bonds. The van der Waals surface area contributed by atoms with Gasteiger partial charge in [-0.25, -0.2) is 0 Å². The minimum Gasteiger partial charge on any atom is -0.482 e. The predicted molar refractivity (Wildman–Crippen MR) is 255 cm³/mol. The fraction of sp³-hybridized carbons (Fsp3) is 0.648. The quantitative estimate of drug-likeness (QED) is 0.0601. The predicted octanol–water partition coefficient (Wildman–Crippen LogP) is 7.84. The van der Waals surface area contributed by atoms with Gasteiger partial charge in [0.25, 0.3) is 0 Å². The van der Waals surface area contributed by atoms with Gasteiger partial charge in [0, 0.05) is 48.1 Å². The van der Waals surface area contributed by atoms with Crippen molar-refractivity contribution >= 4 is 23.5 Å². The van der Waals surface area contributed by atoms with E-state index in [1.807, 2.05) is 71.6 Å². The SMILES string of the molecule is CCCCCN(CCCCC)C(=O)/C(C)=C\CC12OC(C)(C)C3CC(C=C4C(=O)c5c(O[C@@H]6O[C@H](CO)[C@@H](O)[C@H](O)[C@H]6O)c6c(c(CC=C(C)C)c5OC431)OC(C)(CCC=C(C)C)C=C6)C2=O. The maximum absolute atomic E-state index is 15.9. The molecule has 13 heteroatoms. The molecular weight excluding hydrogens is 855 g/mol. The molecule has 7 aliphatic rings. The number of benzene rings is 1. The number of Topliss-reactive ketones (excluding diaryl/α,β-unsaturated/α-hetero) is 2. The average molecular weight is 930 g/mol. The third-order valence-corrected chi connectivity index (χ3v) is 14.9. The normalized spacial score (nSPS) is 32.1. The standard InChI is InChI=1S/C54H75NO12/c1-11-13-15-26-55(27-16-14-12-2)49(62)33(7)21-25-53-48(61)34-28-37-41(57)40-46(64-50-44(60)43(59)42(58)38(30-56)63-50)36-22-24-52(10,23-17-18-31(3)4)65-45(36)35(20-19-32(5)6)47(40)66-54(37,53)39(29-34)51(8,9)67-53/h18-19,21-22,24,28,34,38-39,42-44,50,56,58-60H,11-17,20,23,25-27,29-30H2,1-10H3/b33-21-/t34?,38-,39?,42-,43+,44-,50+,52?,53?,54?/m1/s1. The molecule has 3 aliphatic carbocycles. The summed E-state index contributed by atoms with van der Waals surface area (Å²) >= 11 is 0. The number of ketones is 2. The Balaban J connectivity index is 1.42. The largest absolute Gasteiger partial charge is 0.482 e. The number of carbonyl (C=O) groups is 3. The van der Waals surface area contributed by atoms with E-state index in [2.05, 4.69) is 19.9 Å². The van der Waals surface area contributed by atoms with Crippen LogP contribution in [0.1, 0.15) is 155 Å². The summed E-state index contributed by atoms with van der Waals surface area (Å²) in [6.45, 7) is 20.5. The zero-order valence-electron chi connectivity index (χ0n) is 41.4. The zero-order chi connectivity index (χ0) is 48.8. The van der Waals surface area contributed by atoms with Crippen molar-refractivity contribution in [3.63, 3.8) is 0 Å². The van der Waals surface area contributed by atoms with Gasteiger partial charge in [0.15, 0.2) is 22.8 Å². The number of fused-ring (bicyclic) bond motifs is 2. The van der Waals surface area contributed by atoms with Crippen LogP contribution in [0.2, 0.25) is 0 Å². The topological polar surface area (TPSA) is 182 Å². The highest BCUT2D eigenvalue weighted by Gasteiger charge is 2.81. The van der Waals surface area contributed by atoms with Crippen molar-refractivity contribution < 1.29 is 58.5 Å². The van der Waals surface area contributed by atoms with E-state index >= 15 is 9.59 Å². The Kier molecular flexibility index (Phi) is 14.9. The van der Waals surface area contributed by atoms with Crippen molar-refractivity contribution in [2.45, 2.75) is 193 Å². The molecule has 1 saturated carbocycles. The van der Waals surface area contributed by atoms with Gasteiger partial charge in [-0.2, -0.15) is 0 Å². The van der Waals surface area contributed by atoms with Crippen LogP contribution in [0.5, 0.6) is 17.2 Å². The highest BCUT2D eigenvalue weighted by molar-refractivity contribution is 6.19. The first kappa shape index (κ1) is 50.8. The first-order valence-electron chi connectivity index (χ1n) is 24.7. The minimum atomic E-state index is -1.79. The number of ether oxygens (including phenoxy) is 5. The molecule has 3 fully saturated rings. The molecule has 0 radical (unpaired) electrons. The Morgan fingerprint density at radius 3 is 2.18 bits per heavy atom. The van der Waals surface area contributed by atoms with Crippen molar-refractivity contribution in [3.05, 3.63) is 69.4 Å². The Bertz CT molecular complexity index is 2230. The monoisotopic (exact) mass is 930 g/mol. The fourth-order valence-corrected chi connectivity index (χ4v) is 11.2. The minimum absolute atomic E-state index is 0.0122. The first-order chi connectivity index (χ1) is 31.7. The number of aliphatic hydroxyl groups is 4. The molecule has 8 rings (SSSR count). The molecule has 4 aliphatic heterocycles. The molecular formula is C54H75NO12. The zero-order valence-corrected chi connectivity index (χ0v) is 41.4. The van der Waals surface area contributed by atoms with E-state index in [1.54, 1.807) is 19.1 Å². The van der Waals surface area contributed by atoms with Gasteiger partial charge in [-0.3, -0.25) is 14.4 Å². The Morgan fingerprint density at radius 2 is 1.55 bits per heavy atom. The van der Waals surface area contributed by atoms with Crippen molar-refractivity contribution in [2.24, 2.45) is 11.8 Å². The van der Waals surface area contributed by atoms with Crippen LogP contribution in [0, 0.1) is 11.8 Å². The van der Waals surface area contributed by atoms with Gasteiger partial charge in [0.2, 0.25) is 12.2 Å². The number of allylic oxidation sites excluding steroid dienone is 5. The molecule has 4 heterocycles. The van der Waals surface area contributed by atoms with Gasteiger partial charge in [-0.15, -0.1) is 0 Å². The number of hydrogen-bond acceptors (Lipinski definition) is 12. The van der Waals surface area contributed by atoms with Crippen molar-refractivity contribution in [1.82, 2.24) is 4.90 Å². The van der Waals surface area contributed by atoms with Crippen LogP contribution < -0.4 is 14.2 Å². The second-order valence-electron chi connectivity index (χ2n) is 21.0. The molecule has 1 aromatic rings. The molecule has 2 saturated heterocycles. The molecule has 1 aromatic carbocycles. The second kappa shape index (κ2) is 19.7. The highest BCUT2D eigenvalue weighted by atomic mass is 16.7. The van der Waals surface area contributed by atoms with E-state index in [1.165, 1.54) is 5.57 Å². The molecule has 368 valence electrons. The van der Waals surface area contributed by atoms with Crippen molar-refractivity contribution in [2.75, 3.05) is 19.7 Å². The van der Waals surface area contributed by atoms with E-state index in [0.717, 1.165) is 50.5 Å². The number of carbonyl (C=O) groups excluding carboxylic acids is 3. The lowest BCUT2D eigenvalue weighted by Crippen LogP contribution is -2.72. The number of aliphatic hydroxyl groups excluding tert-OH is 4. The summed E-state index contributed by atoms with van der Waals surface area (Å²) < 4.78 is 34.2. The lowest BCUT2D eigenvalue weighted by Gasteiger charge is -2.56. The van der Waals surface area contributed by atoms with E-state index in [0.29, 0.717) is 48.4 Å². The lowest BCUT2D eigenvalue weighted by atomic mass is 9.51. The van der Waals surface area contributed by atoms with E-state index in [4.69, 9.17) is 23.7 Å². The highest BCUT2D eigenvalue weighted by Crippen LogP contribution is 2.69. The van der Waals surface area contributed by atoms with Crippen LogP contribution in [0.3, 0.4) is 0 Å². The van der Waals surface area contributed by atoms with Crippen LogP contribution in [0.25, 0.3) is 6.08 Å². The molecule has 4 bridgehead atoms. The summed E-state index contributed by atoms with van der Waals surface area (Å²) in [5.41, 5.74) is -1.22. The summed E-state index contributed by atoms with van der Waals surface area (Å²) in [6.07, 6.45) is 11.2. The third kappa shape index (κ3) is 9.02. The second-order valence-corrected chi connectivity index (χ2v) is 21.0. The summed E-state index contributed by atoms with van der Waals surface area (Å²) in [6, 6.07) is 0. The number of rotatable bonds is 19. The van der Waals surface area contributed by atoms with Crippen molar-refractivity contribution in [3.8, 4) is 17.2 Å². The Morgan fingerprint density at radius 1 is 0.881 bits per heavy atom.